The van der Waals surface area contributed by atoms with Crippen LogP contribution in [-0.4, -0.2) is 42.0 Å². The van der Waals surface area contributed by atoms with E-state index in [2.05, 4.69) is 50.4 Å². The number of nitrogens with zero attached hydrogens (tertiary/aromatic N) is 1. The van der Waals surface area contributed by atoms with Crippen molar-refractivity contribution < 1.29 is 19.1 Å². The van der Waals surface area contributed by atoms with Gasteiger partial charge in [0.2, 0.25) is 0 Å². The topological polar surface area (TPSA) is 67.9 Å². The van der Waals surface area contributed by atoms with Crippen molar-refractivity contribution in [3.05, 3.63) is 0 Å². The van der Waals surface area contributed by atoms with Gasteiger partial charge in [0.15, 0.2) is 0 Å². The molecule has 1 N–H and O–H groups in total. The molecule has 1 atom stereocenters. The summed E-state index contributed by atoms with van der Waals surface area (Å²) in [5, 5.41) is 1.22. The molecule has 0 fully saturated rings. The Morgan fingerprint density at radius 3 is 1.87 bits per heavy atom. The first-order valence-corrected chi connectivity index (χ1v) is 14.3. The summed E-state index contributed by atoms with van der Waals surface area (Å²) >= 11 is 0. The van der Waals surface area contributed by atoms with Crippen LogP contribution in [0.2, 0.25) is 19.6 Å². The third-order valence-electron chi connectivity index (χ3n) is 3.82. The molecule has 0 heterocycles. The third-order valence-corrected chi connectivity index (χ3v) is 4.70. The fourth-order valence-electron chi connectivity index (χ4n) is 2.48. The van der Waals surface area contributed by atoms with E-state index in [1.165, 1.54) is 5.01 Å². The van der Waals surface area contributed by atoms with Crippen LogP contribution in [0.3, 0.4) is 0 Å². The van der Waals surface area contributed by atoms with Gasteiger partial charge >= 0.3 is 12.2 Å². The van der Waals surface area contributed by atoms with Crippen LogP contribution in [0, 0.1) is 17.4 Å². The standard InChI is InChI=1S/C23H44N2O4Si/c1-18(2)14-13-15-23(9,16-17-30(10,11)12)25(20(27)29-22(6,7)8)24-19(26)28-21(3,4)5/h18H,13-15H2,1-12H3,(H,24,26). The molecule has 2 amide bonds. The largest absolute Gasteiger partial charge is 0.443 e. The predicted molar refractivity (Wildman–Crippen MR) is 126 cm³/mol. The van der Waals surface area contributed by atoms with Gasteiger partial charge in [0, 0.05) is 0 Å². The number of ether oxygens (including phenoxy) is 2. The number of carbonyl (C=O) groups excluding carboxylic acids is 2. The van der Waals surface area contributed by atoms with E-state index in [1.807, 2.05) is 6.92 Å². The molecule has 0 radical (unpaired) electrons. The molecule has 0 saturated heterocycles. The van der Waals surface area contributed by atoms with Gasteiger partial charge < -0.3 is 9.47 Å². The smallest absolute Gasteiger partial charge is 0.430 e. The second-order valence-electron chi connectivity index (χ2n) is 11.5. The maximum Gasteiger partial charge on any atom is 0.430 e. The van der Waals surface area contributed by atoms with Gasteiger partial charge in [0.05, 0.1) is 0 Å². The van der Waals surface area contributed by atoms with E-state index in [4.69, 9.17) is 9.47 Å². The zero-order valence-electron chi connectivity index (χ0n) is 21.3. The number of carbonyl (C=O) groups is 2. The molecule has 30 heavy (non-hydrogen) atoms. The van der Waals surface area contributed by atoms with E-state index in [9.17, 15) is 9.59 Å². The summed E-state index contributed by atoms with van der Waals surface area (Å²) in [6.45, 7) is 23.3. The van der Waals surface area contributed by atoms with Crippen molar-refractivity contribution in [1.82, 2.24) is 10.4 Å². The average molecular weight is 441 g/mol. The van der Waals surface area contributed by atoms with Crippen molar-refractivity contribution >= 4 is 20.3 Å². The minimum atomic E-state index is -1.72. The maximum absolute atomic E-state index is 13.1. The summed E-state index contributed by atoms with van der Waals surface area (Å²) in [5.74, 6) is 3.85. The molecule has 0 aromatic carbocycles. The molecule has 0 aromatic heterocycles. The Morgan fingerprint density at radius 1 is 0.967 bits per heavy atom. The quantitative estimate of drug-likeness (QED) is 0.317. The van der Waals surface area contributed by atoms with Crippen LogP contribution in [0.25, 0.3) is 0 Å². The monoisotopic (exact) mass is 440 g/mol. The van der Waals surface area contributed by atoms with Gasteiger partial charge in [-0.1, -0.05) is 45.8 Å². The maximum atomic E-state index is 13.1. The number of hydrazine groups is 1. The molecule has 6 nitrogen and oxygen atoms in total. The minimum Gasteiger partial charge on any atom is -0.443 e. The number of hydrogen-bond donors (Lipinski definition) is 1. The van der Waals surface area contributed by atoms with Gasteiger partial charge in [-0.15, -0.1) is 5.54 Å². The molecule has 1 unspecified atom stereocenters. The predicted octanol–water partition coefficient (Wildman–Crippen LogP) is 6.13. The van der Waals surface area contributed by atoms with Crippen molar-refractivity contribution in [3.63, 3.8) is 0 Å². The highest BCUT2D eigenvalue weighted by Crippen LogP contribution is 2.25. The lowest BCUT2D eigenvalue weighted by atomic mass is 9.93. The van der Waals surface area contributed by atoms with Gasteiger partial charge in [-0.3, -0.25) is 0 Å². The van der Waals surface area contributed by atoms with Gasteiger partial charge in [-0.05, 0) is 67.2 Å². The van der Waals surface area contributed by atoms with Crippen molar-refractivity contribution in [2.45, 2.75) is 118 Å². The van der Waals surface area contributed by atoms with E-state index in [0.29, 0.717) is 12.3 Å². The SMILES string of the molecule is CC(C)CCCC(C)(C#C[Si](C)(C)C)N(NC(=O)OC(C)(C)C)C(=O)OC(C)(C)C. The Hall–Kier alpha value is -1.68. The second-order valence-corrected chi connectivity index (χ2v) is 16.2. The summed E-state index contributed by atoms with van der Waals surface area (Å²) in [4.78, 5) is 25.7. The minimum absolute atomic E-state index is 0.535. The Kier molecular flexibility index (Phi) is 9.97. The van der Waals surface area contributed by atoms with Crippen molar-refractivity contribution in [1.29, 1.82) is 0 Å². The first kappa shape index (κ1) is 28.3. The number of rotatable bonds is 5. The highest BCUT2D eigenvalue weighted by molar-refractivity contribution is 6.83. The summed E-state index contributed by atoms with van der Waals surface area (Å²) in [6, 6.07) is 0. The van der Waals surface area contributed by atoms with E-state index < -0.39 is 37.0 Å². The molecular formula is C23H44N2O4Si. The van der Waals surface area contributed by atoms with Gasteiger partial charge in [0.25, 0.3) is 0 Å². The normalized spacial score (nSPS) is 14.3. The highest BCUT2D eigenvalue weighted by Gasteiger charge is 2.39. The molecule has 0 aromatic rings. The third kappa shape index (κ3) is 12.8. The first-order valence-electron chi connectivity index (χ1n) is 10.8. The zero-order valence-corrected chi connectivity index (χ0v) is 22.3. The Bertz CT molecular complexity index is 645. The average Bonchev–Trinajstić information content (AvgIpc) is 2.46. The van der Waals surface area contributed by atoms with Crippen LogP contribution in [0.15, 0.2) is 0 Å². The summed E-state index contributed by atoms with van der Waals surface area (Å²) in [5.41, 5.74) is 3.66. The van der Waals surface area contributed by atoms with Crippen molar-refractivity contribution in [2.75, 3.05) is 0 Å². The molecule has 0 rings (SSSR count). The molecule has 0 aliphatic rings. The summed E-state index contributed by atoms with van der Waals surface area (Å²) in [7, 11) is -1.72. The molecule has 0 aliphatic heterocycles. The van der Waals surface area contributed by atoms with E-state index in [0.717, 1.165) is 12.8 Å². The van der Waals surface area contributed by atoms with Crippen LogP contribution in [0.1, 0.15) is 81.6 Å². The lowest BCUT2D eigenvalue weighted by Crippen LogP contribution is -2.59. The van der Waals surface area contributed by atoms with Crippen LogP contribution >= 0.6 is 0 Å². The molecule has 174 valence electrons. The van der Waals surface area contributed by atoms with Gasteiger partial charge in [0.1, 0.15) is 24.8 Å². The number of amides is 2. The first-order chi connectivity index (χ1) is 13.2. The van der Waals surface area contributed by atoms with E-state index in [1.54, 1.807) is 41.5 Å². The molecule has 0 spiro atoms. The number of nitrogens with one attached hydrogen (secondary N) is 1. The van der Waals surface area contributed by atoms with E-state index >= 15 is 0 Å². The molecule has 0 aliphatic carbocycles. The fraction of sp³-hybridized carbons (Fsp3) is 0.826. The molecule has 0 bridgehead atoms. The summed E-state index contributed by atoms with van der Waals surface area (Å²) < 4.78 is 11.0. The Morgan fingerprint density at radius 2 is 1.47 bits per heavy atom. The van der Waals surface area contributed by atoms with Gasteiger partial charge in [-0.25, -0.2) is 15.0 Å². The fourth-order valence-corrected chi connectivity index (χ4v) is 3.12. The van der Waals surface area contributed by atoms with Crippen LogP contribution in [-0.2, 0) is 9.47 Å². The Labute approximate surface area is 185 Å². The van der Waals surface area contributed by atoms with Gasteiger partial charge in [-0.2, -0.15) is 5.01 Å². The van der Waals surface area contributed by atoms with E-state index in [-0.39, 0.29) is 0 Å². The molecule has 0 saturated carbocycles. The lowest BCUT2D eigenvalue weighted by molar-refractivity contribution is -0.0192. The van der Waals surface area contributed by atoms with Crippen molar-refractivity contribution in [2.24, 2.45) is 5.92 Å². The molecule has 7 heteroatoms. The second kappa shape index (κ2) is 10.6. The zero-order chi connectivity index (χ0) is 24.0. The van der Waals surface area contributed by atoms with Crippen LogP contribution in [0.4, 0.5) is 9.59 Å². The summed E-state index contributed by atoms with van der Waals surface area (Å²) in [6.07, 6.45) is 1.11. The highest BCUT2D eigenvalue weighted by atomic mass is 28.3. The van der Waals surface area contributed by atoms with Crippen molar-refractivity contribution in [3.8, 4) is 11.5 Å². The van der Waals surface area contributed by atoms with Crippen LogP contribution in [0.5, 0.6) is 0 Å². The lowest BCUT2D eigenvalue weighted by Gasteiger charge is -2.38. The number of hydrogen-bond acceptors (Lipinski definition) is 4. The Balaban J connectivity index is 6.09. The van der Waals surface area contributed by atoms with Crippen LogP contribution < -0.4 is 5.43 Å². The molecular weight excluding hydrogens is 396 g/mol.